The van der Waals surface area contributed by atoms with E-state index in [-0.39, 0.29) is 29.6 Å². The predicted octanol–water partition coefficient (Wildman–Crippen LogP) is 3.45. The fourth-order valence-corrected chi connectivity index (χ4v) is 3.25. The molecule has 2 aromatic rings. The standard InChI is InChI=1S/C9H10ClIO.C9H11ClO.ClO.Na/c1-5(2)7-3-6(10)4-8(11)9(7)12;1-6(2)8-5-7(10)3-4-9(8)11;1-2;/h3-5,12H,1-2H3;3-6,11H,1-2H3;;/q;;-1;+1. The van der Waals surface area contributed by atoms with Gasteiger partial charge in [-0.1, -0.05) is 50.9 Å². The SMILES string of the molecule is CC(C)c1cc(Cl)cc(I)c1O.CC(C)c1cc(Cl)ccc1O.[Na+].[O-]Cl. The summed E-state index contributed by atoms with van der Waals surface area (Å²) >= 11 is 17.1. The van der Waals surface area contributed by atoms with Gasteiger partial charge in [0.2, 0.25) is 0 Å². The molecule has 140 valence electrons. The van der Waals surface area contributed by atoms with Crippen molar-refractivity contribution in [2.75, 3.05) is 0 Å². The third-order valence-corrected chi connectivity index (χ3v) is 4.57. The summed E-state index contributed by atoms with van der Waals surface area (Å²) in [6.45, 7) is 8.10. The molecule has 0 aliphatic carbocycles. The van der Waals surface area contributed by atoms with Crippen LogP contribution in [0.15, 0.2) is 30.3 Å². The molecule has 0 saturated heterocycles. The number of benzene rings is 2. The van der Waals surface area contributed by atoms with Gasteiger partial charge in [0.15, 0.2) is 0 Å². The summed E-state index contributed by atoms with van der Waals surface area (Å²) in [4.78, 5) is 0. The van der Waals surface area contributed by atoms with Crippen molar-refractivity contribution in [1.82, 2.24) is 0 Å². The fraction of sp³-hybridized carbons (Fsp3) is 0.333. The number of hydrogen-bond acceptors (Lipinski definition) is 3. The molecule has 0 saturated carbocycles. The molecule has 0 amide bonds. The molecule has 3 nitrogen and oxygen atoms in total. The molecule has 2 aromatic carbocycles. The van der Waals surface area contributed by atoms with Crippen LogP contribution in [0.1, 0.15) is 50.7 Å². The van der Waals surface area contributed by atoms with Crippen LogP contribution in [-0.2, 0) is 0 Å². The monoisotopic (exact) mass is 540 g/mol. The van der Waals surface area contributed by atoms with Gasteiger partial charge in [0, 0.05) is 10.0 Å². The van der Waals surface area contributed by atoms with Crippen LogP contribution in [-0.4, -0.2) is 10.2 Å². The van der Waals surface area contributed by atoms with Crippen molar-refractivity contribution < 1.29 is 44.4 Å². The van der Waals surface area contributed by atoms with Gasteiger partial charge in [0.25, 0.3) is 0 Å². The second-order valence-corrected chi connectivity index (χ2v) is 7.87. The Labute approximate surface area is 206 Å². The van der Waals surface area contributed by atoms with Crippen LogP contribution in [0.25, 0.3) is 0 Å². The van der Waals surface area contributed by atoms with E-state index in [9.17, 15) is 10.2 Å². The van der Waals surface area contributed by atoms with E-state index in [0.29, 0.717) is 33.4 Å². The molecule has 0 atom stereocenters. The molecule has 0 aromatic heterocycles. The molecular formula is C18H21Cl3INaO3. The normalized spacial score (nSPS) is 9.65. The molecule has 0 spiro atoms. The third kappa shape index (κ3) is 9.69. The number of hydrogen-bond donors (Lipinski definition) is 2. The number of halogens is 4. The summed E-state index contributed by atoms with van der Waals surface area (Å²) in [5, 5.41) is 20.3. The molecule has 0 fully saturated rings. The van der Waals surface area contributed by atoms with Crippen LogP contribution in [0, 0.1) is 3.57 Å². The van der Waals surface area contributed by atoms with Crippen molar-refractivity contribution >= 4 is 57.7 Å². The van der Waals surface area contributed by atoms with Crippen LogP contribution in [0.2, 0.25) is 10.0 Å². The van der Waals surface area contributed by atoms with Crippen LogP contribution in [0.3, 0.4) is 0 Å². The van der Waals surface area contributed by atoms with Crippen molar-refractivity contribution in [3.05, 3.63) is 55.1 Å². The largest absolute Gasteiger partial charge is 1.00 e. The van der Waals surface area contributed by atoms with Gasteiger partial charge in [0.05, 0.1) is 3.57 Å². The van der Waals surface area contributed by atoms with Gasteiger partial charge in [-0.3, -0.25) is 0 Å². The van der Waals surface area contributed by atoms with E-state index >= 15 is 0 Å². The minimum absolute atomic E-state index is 0. The quantitative estimate of drug-likeness (QED) is 0.453. The van der Waals surface area contributed by atoms with Crippen molar-refractivity contribution in [2.45, 2.75) is 39.5 Å². The molecule has 26 heavy (non-hydrogen) atoms. The maximum Gasteiger partial charge on any atom is 1.00 e. The zero-order chi connectivity index (χ0) is 19.7. The smallest absolute Gasteiger partial charge is 0.769 e. The number of aromatic hydroxyl groups is 2. The van der Waals surface area contributed by atoms with Gasteiger partial charge in [-0.2, -0.15) is 0 Å². The van der Waals surface area contributed by atoms with E-state index in [1.54, 1.807) is 24.3 Å². The topological polar surface area (TPSA) is 63.5 Å². The Morgan fingerprint density at radius 1 is 0.846 bits per heavy atom. The first kappa shape index (κ1) is 28.8. The summed E-state index contributed by atoms with van der Waals surface area (Å²) in [7, 11) is 0. The number of rotatable bonds is 2. The van der Waals surface area contributed by atoms with Gasteiger partial charge >= 0.3 is 29.6 Å². The van der Waals surface area contributed by atoms with Crippen LogP contribution in [0.4, 0.5) is 0 Å². The molecule has 8 heteroatoms. The molecule has 0 aliphatic rings. The van der Waals surface area contributed by atoms with E-state index < -0.39 is 0 Å². The molecule has 2 N–H and O–H groups in total. The predicted molar refractivity (Wildman–Crippen MR) is 113 cm³/mol. The first-order valence-electron chi connectivity index (χ1n) is 7.45. The second kappa shape index (κ2) is 14.6. The summed E-state index contributed by atoms with van der Waals surface area (Å²) in [6, 6.07) is 8.66. The van der Waals surface area contributed by atoms with Crippen molar-refractivity contribution in [1.29, 1.82) is 0 Å². The first-order valence-corrected chi connectivity index (χ1v) is 9.59. The Hall–Kier alpha value is 0.600. The summed E-state index contributed by atoms with van der Waals surface area (Å²) < 4.78 is 8.53. The van der Waals surface area contributed by atoms with E-state index in [4.69, 9.17) is 27.9 Å². The average molecular weight is 542 g/mol. The summed E-state index contributed by atoms with van der Waals surface area (Å²) in [6.07, 6.45) is 0. The molecule has 0 radical (unpaired) electrons. The summed E-state index contributed by atoms with van der Waals surface area (Å²) in [5.41, 5.74) is 1.81. The third-order valence-electron chi connectivity index (χ3n) is 3.29. The Balaban J connectivity index is 0. The molecule has 0 bridgehead atoms. The second-order valence-electron chi connectivity index (χ2n) is 5.84. The van der Waals surface area contributed by atoms with Gasteiger partial charge in [-0.25, -0.2) is 11.9 Å². The fourth-order valence-electron chi connectivity index (χ4n) is 2.01. The van der Waals surface area contributed by atoms with Crippen LogP contribution >= 0.6 is 57.7 Å². The van der Waals surface area contributed by atoms with Gasteiger partial charge in [-0.05, 0) is 75.9 Å². The van der Waals surface area contributed by atoms with E-state index in [0.717, 1.165) is 14.7 Å². The van der Waals surface area contributed by atoms with Crippen LogP contribution in [0.5, 0.6) is 11.5 Å². The van der Waals surface area contributed by atoms with E-state index in [2.05, 4.69) is 34.5 Å². The average Bonchev–Trinajstić information content (AvgIpc) is 2.55. The van der Waals surface area contributed by atoms with Gasteiger partial charge in [0.1, 0.15) is 11.5 Å². The molecule has 0 unspecified atom stereocenters. The molecular weight excluding hydrogens is 520 g/mol. The Morgan fingerprint density at radius 3 is 1.73 bits per heavy atom. The van der Waals surface area contributed by atoms with E-state index in [1.165, 1.54) is 0 Å². The van der Waals surface area contributed by atoms with E-state index in [1.807, 2.05) is 33.8 Å². The minimum Gasteiger partial charge on any atom is -0.769 e. The van der Waals surface area contributed by atoms with Crippen molar-refractivity contribution in [3.8, 4) is 11.5 Å². The maximum atomic E-state index is 9.63. The zero-order valence-corrected chi connectivity index (χ0v) is 21.8. The maximum absolute atomic E-state index is 9.63. The molecule has 0 aliphatic heterocycles. The zero-order valence-electron chi connectivity index (χ0n) is 15.4. The Bertz CT molecular complexity index is 683. The van der Waals surface area contributed by atoms with Gasteiger partial charge in [-0.15, -0.1) is 0 Å². The van der Waals surface area contributed by atoms with Gasteiger partial charge < -0.3 is 14.9 Å². The van der Waals surface area contributed by atoms with Crippen molar-refractivity contribution in [3.63, 3.8) is 0 Å². The first-order chi connectivity index (χ1) is 11.6. The molecule has 2 rings (SSSR count). The number of phenols is 2. The summed E-state index contributed by atoms with van der Waals surface area (Å²) in [5.74, 6) is 1.30. The number of phenolic OH excluding ortho intramolecular Hbond substituents is 2. The van der Waals surface area contributed by atoms with Crippen molar-refractivity contribution in [2.24, 2.45) is 0 Å². The Kier molecular flexibility index (Phi) is 16.2. The Morgan fingerprint density at radius 2 is 1.31 bits per heavy atom. The van der Waals surface area contributed by atoms with Crippen LogP contribution < -0.4 is 34.2 Å². The molecule has 0 heterocycles. The minimum atomic E-state index is 0.